The van der Waals surface area contributed by atoms with E-state index in [9.17, 15) is 27.5 Å². The van der Waals surface area contributed by atoms with Crippen LogP contribution in [0.15, 0.2) is 18.2 Å². The van der Waals surface area contributed by atoms with Crippen LogP contribution >= 0.6 is 0 Å². The normalized spacial score (nSPS) is 24.2. The standard InChI is InChI=1S/C21H21F4N5O2/c1-12-6-17-15(18-21(24,25)5-4-20(23,11-31)10-30(18)28-17)9-29(12)19(32)27-14-2-3-16(22)13(7-14)8-26/h2-3,7,12,31H,4-6,9-11H2,1H3,(H,27,32)/t12-,20?/m1/s1. The smallest absolute Gasteiger partial charge is 0.322 e. The Morgan fingerprint density at radius 2 is 2.12 bits per heavy atom. The SMILES string of the molecule is C[C@@H]1Cc2nn3c(c2CN1C(=O)Nc1ccc(F)c(C#N)c1)C(F)(F)CCC(F)(CO)C3. The van der Waals surface area contributed by atoms with E-state index in [-0.39, 0.29) is 29.8 Å². The van der Waals surface area contributed by atoms with Crippen LogP contribution in [0.4, 0.5) is 28.0 Å². The molecule has 32 heavy (non-hydrogen) atoms. The van der Waals surface area contributed by atoms with Crippen LogP contribution in [-0.4, -0.2) is 44.1 Å². The van der Waals surface area contributed by atoms with Crippen LogP contribution in [0.25, 0.3) is 0 Å². The lowest BCUT2D eigenvalue weighted by Crippen LogP contribution is -2.45. The van der Waals surface area contributed by atoms with Crippen molar-refractivity contribution in [2.45, 2.75) is 56.9 Å². The third-order valence-corrected chi connectivity index (χ3v) is 6.03. The zero-order chi connectivity index (χ0) is 23.3. The van der Waals surface area contributed by atoms with Crippen molar-refractivity contribution in [3.8, 4) is 6.07 Å². The molecule has 2 N–H and O–H groups in total. The molecule has 0 radical (unpaired) electrons. The molecule has 1 unspecified atom stereocenters. The van der Waals surface area contributed by atoms with Gasteiger partial charge in [-0.25, -0.2) is 13.6 Å². The van der Waals surface area contributed by atoms with E-state index in [4.69, 9.17) is 5.26 Å². The molecule has 0 aliphatic carbocycles. The van der Waals surface area contributed by atoms with Gasteiger partial charge in [0.15, 0.2) is 5.67 Å². The zero-order valence-corrected chi connectivity index (χ0v) is 17.2. The van der Waals surface area contributed by atoms with Gasteiger partial charge in [0.05, 0.1) is 31.0 Å². The number of amides is 2. The van der Waals surface area contributed by atoms with Gasteiger partial charge in [-0.15, -0.1) is 0 Å². The molecular weight excluding hydrogens is 430 g/mol. The van der Waals surface area contributed by atoms with Crippen LogP contribution in [0.2, 0.25) is 0 Å². The van der Waals surface area contributed by atoms with Gasteiger partial charge < -0.3 is 15.3 Å². The van der Waals surface area contributed by atoms with Gasteiger partial charge in [0.1, 0.15) is 17.6 Å². The highest BCUT2D eigenvalue weighted by Crippen LogP contribution is 2.44. The van der Waals surface area contributed by atoms with Gasteiger partial charge in [-0.3, -0.25) is 4.68 Å². The molecule has 11 heteroatoms. The molecule has 2 atom stereocenters. The Balaban J connectivity index is 1.64. The van der Waals surface area contributed by atoms with Gasteiger partial charge in [-0.05, 0) is 31.5 Å². The number of aliphatic hydroxyl groups is 1. The number of hydrogen-bond donors (Lipinski definition) is 2. The number of halogens is 4. The van der Waals surface area contributed by atoms with Crippen LogP contribution < -0.4 is 5.32 Å². The predicted molar refractivity (Wildman–Crippen MR) is 105 cm³/mol. The number of nitrogens with one attached hydrogen (secondary N) is 1. The van der Waals surface area contributed by atoms with Crippen molar-refractivity contribution in [1.82, 2.24) is 14.7 Å². The minimum absolute atomic E-state index is 0.169. The number of alkyl halides is 3. The van der Waals surface area contributed by atoms with Crippen molar-refractivity contribution >= 4 is 11.7 Å². The van der Waals surface area contributed by atoms with Gasteiger partial charge in [0.25, 0.3) is 5.92 Å². The number of anilines is 1. The summed E-state index contributed by atoms with van der Waals surface area (Å²) < 4.78 is 59.2. The second-order valence-corrected chi connectivity index (χ2v) is 8.36. The number of urea groups is 1. The monoisotopic (exact) mass is 451 g/mol. The zero-order valence-electron chi connectivity index (χ0n) is 17.2. The van der Waals surface area contributed by atoms with Gasteiger partial charge in [-0.2, -0.15) is 19.1 Å². The maximum absolute atomic E-state index is 15.0. The Hall–Kier alpha value is -3.13. The average Bonchev–Trinajstić information content (AvgIpc) is 3.05. The lowest BCUT2D eigenvalue weighted by Gasteiger charge is -2.33. The summed E-state index contributed by atoms with van der Waals surface area (Å²) in [6.07, 6.45) is -1.11. The molecule has 0 fully saturated rings. The summed E-state index contributed by atoms with van der Waals surface area (Å²) >= 11 is 0. The van der Waals surface area contributed by atoms with Crippen LogP contribution in [0.5, 0.6) is 0 Å². The van der Waals surface area contributed by atoms with Crippen LogP contribution in [0, 0.1) is 17.1 Å². The lowest BCUT2D eigenvalue weighted by molar-refractivity contribution is -0.0324. The minimum Gasteiger partial charge on any atom is -0.393 e. The number of fused-ring (bicyclic) bond motifs is 3. The fourth-order valence-electron chi connectivity index (χ4n) is 4.25. The molecule has 0 bridgehead atoms. The lowest BCUT2D eigenvalue weighted by atomic mass is 9.95. The number of aliphatic hydroxyl groups excluding tert-OH is 1. The van der Waals surface area contributed by atoms with Crippen molar-refractivity contribution in [1.29, 1.82) is 5.26 Å². The molecule has 0 saturated heterocycles. The highest BCUT2D eigenvalue weighted by atomic mass is 19.3. The molecule has 170 valence electrons. The van der Waals surface area contributed by atoms with Crippen LogP contribution in [0.3, 0.4) is 0 Å². The van der Waals surface area contributed by atoms with E-state index in [1.165, 1.54) is 17.0 Å². The van der Waals surface area contributed by atoms with E-state index in [0.717, 1.165) is 10.7 Å². The Kier molecular flexibility index (Phi) is 5.36. The summed E-state index contributed by atoms with van der Waals surface area (Å²) in [6, 6.07) is 4.20. The van der Waals surface area contributed by atoms with E-state index in [1.807, 2.05) is 0 Å². The van der Waals surface area contributed by atoms with Gasteiger partial charge in [-0.1, -0.05) is 0 Å². The summed E-state index contributed by atoms with van der Waals surface area (Å²) in [5, 5.41) is 25.1. The summed E-state index contributed by atoms with van der Waals surface area (Å²) in [5.41, 5.74) is -2.15. The number of nitriles is 1. The molecule has 2 amide bonds. The molecule has 1 aromatic carbocycles. The summed E-state index contributed by atoms with van der Waals surface area (Å²) in [4.78, 5) is 14.2. The number of carbonyl (C=O) groups excluding carboxylic acids is 1. The predicted octanol–water partition coefficient (Wildman–Crippen LogP) is 3.46. The highest BCUT2D eigenvalue weighted by molar-refractivity contribution is 5.90. The largest absolute Gasteiger partial charge is 0.393 e. The highest BCUT2D eigenvalue weighted by Gasteiger charge is 2.48. The summed E-state index contributed by atoms with van der Waals surface area (Å²) in [5.74, 6) is -4.09. The van der Waals surface area contributed by atoms with E-state index in [2.05, 4.69) is 10.4 Å². The maximum atomic E-state index is 15.0. The molecule has 0 saturated carbocycles. The first-order valence-electron chi connectivity index (χ1n) is 10.1. The quantitative estimate of drug-likeness (QED) is 0.684. The molecule has 4 rings (SSSR count). The number of aromatic nitrogens is 2. The molecule has 7 nitrogen and oxygen atoms in total. The molecule has 3 heterocycles. The number of carbonyl (C=O) groups is 1. The number of hydrogen-bond acceptors (Lipinski definition) is 4. The minimum atomic E-state index is -3.37. The fourth-order valence-corrected chi connectivity index (χ4v) is 4.25. The van der Waals surface area contributed by atoms with E-state index >= 15 is 0 Å². The van der Waals surface area contributed by atoms with E-state index in [0.29, 0.717) is 5.69 Å². The molecule has 2 aromatic rings. The first-order valence-corrected chi connectivity index (χ1v) is 10.1. The second kappa shape index (κ2) is 7.78. The Bertz CT molecular complexity index is 1110. The van der Waals surface area contributed by atoms with E-state index < -0.39 is 61.2 Å². The molecule has 0 spiro atoms. The Labute approximate surface area is 181 Å². The third kappa shape index (κ3) is 3.79. The van der Waals surface area contributed by atoms with Gasteiger partial charge >= 0.3 is 6.03 Å². The molecule has 1 aromatic heterocycles. The van der Waals surface area contributed by atoms with Gasteiger partial charge in [0.2, 0.25) is 0 Å². The van der Waals surface area contributed by atoms with Crippen molar-refractivity contribution in [2.24, 2.45) is 0 Å². The second-order valence-electron chi connectivity index (χ2n) is 8.36. The summed E-state index contributed by atoms with van der Waals surface area (Å²) in [7, 11) is 0. The van der Waals surface area contributed by atoms with Crippen LogP contribution in [0.1, 0.15) is 42.3 Å². The number of nitrogens with zero attached hydrogens (tertiary/aromatic N) is 4. The number of benzene rings is 1. The average molecular weight is 451 g/mol. The first-order chi connectivity index (χ1) is 15.1. The Morgan fingerprint density at radius 1 is 1.38 bits per heavy atom. The number of rotatable bonds is 2. The van der Waals surface area contributed by atoms with E-state index in [1.54, 1.807) is 13.0 Å². The first kappa shape index (κ1) is 22.1. The molecule has 2 aliphatic rings. The molecular formula is C21H21F4N5O2. The topological polar surface area (TPSA) is 94.2 Å². The van der Waals surface area contributed by atoms with Crippen molar-refractivity contribution in [3.05, 3.63) is 46.5 Å². The van der Waals surface area contributed by atoms with Crippen molar-refractivity contribution in [2.75, 3.05) is 11.9 Å². The summed E-state index contributed by atoms with van der Waals surface area (Å²) in [6.45, 7) is 0.177. The fraction of sp³-hybridized carbons (Fsp3) is 0.476. The van der Waals surface area contributed by atoms with Crippen molar-refractivity contribution in [3.63, 3.8) is 0 Å². The van der Waals surface area contributed by atoms with Crippen LogP contribution in [-0.2, 0) is 25.4 Å². The Morgan fingerprint density at radius 3 is 2.81 bits per heavy atom. The molecule has 2 aliphatic heterocycles. The van der Waals surface area contributed by atoms with Gasteiger partial charge in [0, 0.05) is 30.1 Å². The maximum Gasteiger partial charge on any atom is 0.322 e. The third-order valence-electron chi connectivity index (χ3n) is 6.03. The van der Waals surface area contributed by atoms with Crippen molar-refractivity contribution < 1.29 is 27.5 Å².